The van der Waals surface area contributed by atoms with Gasteiger partial charge in [-0.05, 0) is 33.3 Å². The molecule has 0 unspecified atom stereocenters. The molecule has 0 bridgehead atoms. The van der Waals surface area contributed by atoms with Gasteiger partial charge in [-0.1, -0.05) is 30.3 Å². The van der Waals surface area contributed by atoms with Gasteiger partial charge in [-0.3, -0.25) is 0 Å². The molecule has 2 atom stereocenters. The van der Waals surface area contributed by atoms with Crippen LogP contribution in [0.3, 0.4) is 0 Å². The third kappa shape index (κ3) is 3.36. The highest BCUT2D eigenvalue weighted by molar-refractivity contribution is 7.85. The van der Waals surface area contributed by atoms with Crippen LogP contribution in [0.5, 0.6) is 0 Å². The Morgan fingerprint density at radius 2 is 1.81 bits per heavy atom. The van der Waals surface area contributed by atoms with Crippen molar-refractivity contribution in [2.45, 2.75) is 45.4 Å². The summed E-state index contributed by atoms with van der Waals surface area (Å²) in [5.41, 5.74) is -0.114. The molecule has 1 amide bonds. The maximum absolute atomic E-state index is 12.3. The van der Waals surface area contributed by atoms with E-state index in [4.69, 9.17) is 8.92 Å². The lowest BCUT2D eigenvalue weighted by molar-refractivity contribution is 0.0338. The number of carbonyl (C=O) groups excluding carboxylic acids is 1. The van der Waals surface area contributed by atoms with Crippen LogP contribution in [-0.4, -0.2) is 30.5 Å². The van der Waals surface area contributed by atoms with Crippen molar-refractivity contribution in [1.82, 2.24) is 4.31 Å². The molecule has 1 aliphatic rings. The van der Waals surface area contributed by atoms with Gasteiger partial charge >= 0.3 is 16.4 Å². The van der Waals surface area contributed by atoms with Crippen molar-refractivity contribution in [2.75, 3.05) is 0 Å². The predicted octanol–water partition coefficient (Wildman–Crippen LogP) is 2.63. The molecule has 2 rings (SSSR count). The van der Waals surface area contributed by atoms with E-state index in [1.54, 1.807) is 52.0 Å². The van der Waals surface area contributed by atoms with E-state index < -0.39 is 34.1 Å². The first-order valence-electron chi connectivity index (χ1n) is 6.62. The first-order chi connectivity index (χ1) is 9.62. The maximum atomic E-state index is 12.3. The number of carbonyl (C=O) groups is 1. The number of ether oxygens (including phenoxy) is 1. The van der Waals surface area contributed by atoms with Crippen molar-refractivity contribution in [3.05, 3.63) is 35.9 Å². The molecule has 0 saturated carbocycles. The molecule has 1 fully saturated rings. The van der Waals surface area contributed by atoms with E-state index in [9.17, 15) is 13.2 Å². The number of amides is 1. The van der Waals surface area contributed by atoms with E-state index >= 15 is 0 Å². The van der Waals surface area contributed by atoms with E-state index in [0.717, 1.165) is 0 Å². The Kier molecular flexibility index (Phi) is 3.99. The lowest BCUT2D eigenvalue weighted by Gasteiger charge is -2.26. The third-order valence-corrected chi connectivity index (χ3v) is 4.33. The summed E-state index contributed by atoms with van der Waals surface area (Å²) in [6, 6.07) is 8.15. The Morgan fingerprint density at radius 3 is 2.33 bits per heavy atom. The summed E-state index contributed by atoms with van der Waals surface area (Å²) in [5, 5.41) is 0. The van der Waals surface area contributed by atoms with E-state index in [0.29, 0.717) is 9.87 Å². The van der Waals surface area contributed by atoms with Gasteiger partial charge in [-0.15, -0.1) is 0 Å². The Hall–Kier alpha value is -1.60. The number of rotatable bonds is 1. The van der Waals surface area contributed by atoms with Gasteiger partial charge in [-0.2, -0.15) is 12.7 Å². The zero-order valence-corrected chi connectivity index (χ0v) is 13.3. The summed E-state index contributed by atoms with van der Waals surface area (Å²) >= 11 is 0. The highest BCUT2D eigenvalue weighted by Gasteiger charge is 2.49. The SMILES string of the molecule is C[C@H]1OS(=O)(=O)N(C(=O)OC(C)(C)C)[C@H]1c1ccccc1. The van der Waals surface area contributed by atoms with E-state index in [1.807, 2.05) is 6.07 Å². The fourth-order valence-electron chi connectivity index (χ4n) is 2.19. The van der Waals surface area contributed by atoms with Gasteiger partial charge in [0.25, 0.3) is 0 Å². The summed E-state index contributed by atoms with van der Waals surface area (Å²) in [6.45, 7) is 6.64. The highest BCUT2D eigenvalue weighted by Crippen LogP contribution is 2.37. The highest BCUT2D eigenvalue weighted by atomic mass is 32.2. The van der Waals surface area contributed by atoms with Gasteiger partial charge in [0, 0.05) is 0 Å². The molecule has 1 heterocycles. The Balaban J connectivity index is 2.40. The quantitative estimate of drug-likeness (QED) is 0.797. The number of hydrogen-bond donors (Lipinski definition) is 0. The number of hydrogen-bond acceptors (Lipinski definition) is 5. The summed E-state index contributed by atoms with van der Waals surface area (Å²) in [6.07, 6.45) is -1.61. The molecular weight excluding hydrogens is 294 g/mol. The van der Waals surface area contributed by atoms with Crippen molar-refractivity contribution < 1.29 is 22.1 Å². The number of benzene rings is 1. The molecule has 1 saturated heterocycles. The van der Waals surface area contributed by atoms with Crippen molar-refractivity contribution >= 4 is 16.4 Å². The summed E-state index contributed by atoms with van der Waals surface area (Å²) in [4.78, 5) is 12.3. The second kappa shape index (κ2) is 5.31. The summed E-state index contributed by atoms with van der Waals surface area (Å²) in [5.74, 6) is 0. The molecule has 0 N–H and O–H groups in total. The van der Waals surface area contributed by atoms with Gasteiger partial charge in [0.05, 0.1) is 0 Å². The largest absolute Gasteiger partial charge is 0.443 e. The van der Waals surface area contributed by atoms with E-state index in [-0.39, 0.29) is 0 Å². The minimum atomic E-state index is -4.15. The van der Waals surface area contributed by atoms with Crippen molar-refractivity contribution in [3.63, 3.8) is 0 Å². The zero-order valence-electron chi connectivity index (χ0n) is 12.4. The predicted molar refractivity (Wildman–Crippen MR) is 76.7 cm³/mol. The second-order valence-corrected chi connectivity index (χ2v) is 7.33. The second-order valence-electron chi connectivity index (χ2n) is 5.89. The molecule has 1 aromatic rings. The van der Waals surface area contributed by atoms with Crippen molar-refractivity contribution in [3.8, 4) is 0 Å². The standard InChI is InChI=1S/C14H19NO5S/c1-10-12(11-8-6-5-7-9-11)15(21(17,18)20-10)13(16)19-14(2,3)4/h5-10,12H,1-4H3/t10-,12-/m1/s1. The van der Waals surface area contributed by atoms with Crippen LogP contribution in [0, 0.1) is 0 Å². The van der Waals surface area contributed by atoms with Crippen LogP contribution in [0.4, 0.5) is 4.79 Å². The van der Waals surface area contributed by atoms with Gasteiger partial charge < -0.3 is 4.74 Å². The minimum absolute atomic E-state index is 0.676. The van der Waals surface area contributed by atoms with Crippen LogP contribution in [0.25, 0.3) is 0 Å². The van der Waals surface area contributed by atoms with Crippen molar-refractivity contribution in [1.29, 1.82) is 0 Å². The topological polar surface area (TPSA) is 72.9 Å². The van der Waals surface area contributed by atoms with Gasteiger partial charge in [0.15, 0.2) is 0 Å². The van der Waals surface area contributed by atoms with Crippen LogP contribution in [0.15, 0.2) is 30.3 Å². The first-order valence-corrected chi connectivity index (χ1v) is 7.99. The molecule has 0 spiro atoms. The molecule has 1 aliphatic heterocycles. The average molecular weight is 313 g/mol. The first kappa shape index (κ1) is 15.8. The fourth-order valence-corrected chi connectivity index (χ4v) is 3.56. The number of nitrogens with zero attached hydrogens (tertiary/aromatic N) is 1. The summed E-state index contributed by atoms with van der Waals surface area (Å²) in [7, 11) is -4.15. The van der Waals surface area contributed by atoms with Gasteiger partial charge in [-0.25, -0.2) is 8.98 Å². The minimum Gasteiger partial charge on any atom is -0.443 e. The van der Waals surface area contributed by atoms with Crippen LogP contribution >= 0.6 is 0 Å². The smallest absolute Gasteiger partial charge is 0.426 e. The van der Waals surface area contributed by atoms with Crippen molar-refractivity contribution in [2.24, 2.45) is 0 Å². The molecule has 6 nitrogen and oxygen atoms in total. The zero-order chi connectivity index (χ0) is 15.8. The van der Waals surface area contributed by atoms with E-state index in [2.05, 4.69) is 0 Å². The molecule has 0 aromatic heterocycles. The van der Waals surface area contributed by atoms with Crippen LogP contribution in [-0.2, 0) is 19.2 Å². The molecule has 116 valence electrons. The monoisotopic (exact) mass is 313 g/mol. The van der Waals surface area contributed by atoms with Crippen LogP contribution < -0.4 is 0 Å². The van der Waals surface area contributed by atoms with Gasteiger partial charge in [0.2, 0.25) is 0 Å². The molecule has 0 aliphatic carbocycles. The van der Waals surface area contributed by atoms with Crippen LogP contribution in [0.1, 0.15) is 39.3 Å². The summed E-state index contributed by atoms with van der Waals surface area (Å²) < 4.78 is 35.0. The van der Waals surface area contributed by atoms with Gasteiger partial charge in [0.1, 0.15) is 17.7 Å². The lowest BCUT2D eigenvalue weighted by atomic mass is 10.0. The molecule has 7 heteroatoms. The van der Waals surface area contributed by atoms with Crippen LogP contribution in [0.2, 0.25) is 0 Å². The molecule has 0 radical (unpaired) electrons. The van der Waals surface area contributed by atoms with E-state index in [1.165, 1.54) is 0 Å². The third-order valence-electron chi connectivity index (χ3n) is 2.93. The molecule has 21 heavy (non-hydrogen) atoms. The Morgan fingerprint density at radius 1 is 1.24 bits per heavy atom. The Labute approximate surface area is 124 Å². The lowest BCUT2D eigenvalue weighted by Crippen LogP contribution is -2.39. The normalized spacial score (nSPS) is 24.9. The molecular formula is C14H19NO5S. The average Bonchev–Trinajstić information content (AvgIpc) is 2.57. The molecule has 1 aromatic carbocycles. The maximum Gasteiger partial charge on any atom is 0.426 e. The Bertz CT molecular complexity index is 621. The fraction of sp³-hybridized carbons (Fsp3) is 0.500.